The van der Waals surface area contributed by atoms with Gasteiger partial charge in [-0.3, -0.25) is 14.5 Å². The summed E-state index contributed by atoms with van der Waals surface area (Å²) in [5, 5.41) is 2.72. The van der Waals surface area contributed by atoms with Crippen LogP contribution in [0.15, 0.2) is 54.6 Å². The molecular formula is C23H26N2O4. The Hall–Kier alpha value is -3.15. The van der Waals surface area contributed by atoms with Gasteiger partial charge in [0.05, 0.1) is 11.6 Å². The molecule has 0 saturated carbocycles. The van der Waals surface area contributed by atoms with Crippen LogP contribution in [0.5, 0.6) is 0 Å². The van der Waals surface area contributed by atoms with Crippen molar-refractivity contribution < 1.29 is 19.1 Å². The Kier molecular flexibility index (Phi) is 6.01. The number of nitrogens with one attached hydrogen (secondary N) is 1. The number of para-hydroxylation sites is 1. The lowest BCUT2D eigenvalue weighted by atomic mass is 9.97. The van der Waals surface area contributed by atoms with Gasteiger partial charge in [0.1, 0.15) is 5.60 Å². The van der Waals surface area contributed by atoms with Crippen LogP contribution in [0.2, 0.25) is 0 Å². The quantitative estimate of drug-likeness (QED) is 0.782. The van der Waals surface area contributed by atoms with Crippen LogP contribution in [0.4, 0.5) is 10.5 Å². The van der Waals surface area contributed by atoms with E-state index >= 15 is 0 Å². The smallest absolute Gasteiger partial charge is 0.407 e. The van der Waals surface area contributed by atoms with Gasteiger partial charge in [0, 0.05) is 13.0 Å². The van der Waals surface area contributed by atoms with E-state index in [1.165, 1.54) is 4.90 Å². The van der Waals surface area contributed by atoms with E-state index < -0.39 is 11.7 Å². The predicted octanol–water partition coefficient (Wildman–Crippen LogP) is 3.83. The third-order valence-corrected chi connectivity index (χ3v) is 4.60. The zero-order valence-corrected chi connectivity index (χ0v) is 17.0. The van der Waals surface area contributed by atoms with Crippen LogP contribution in [0, 0.1) is 5.92 Å². The second kappa shape index (κ2) is 8.47. The average Bonchev–Trinajstić information content (AvgIpc) is 2.94. The molecule has 1 saturated heterocycles. The summed E-state index contributed by atoms with van der Waals surface area (Å²) < 4.78 is 5.22. The molecule has 152 valence electrons. The highest BCUT2D eigenvalue weighted by atomic mass is 16.6. The molecule has 1 N–H and O–H groups in total. The minimum absolute atomic E-state index is 0.156. The topological polar surface area (TPSA) is 75.7 Å². The number of hydrogen-bond donors (Lipinski definition) is 1. The van der Waals surface area contributed by atoms with E-state index in [4.69, 9.17) is 4.74 Å². The van der Waals surface area contributed by atoms with Gasteiger partial charge in [-0.2, -0.15) is 0 Å². The number of alkyl carbamates (subject to hydrolysis) is 1. The molecule has 2 aromatic rings. The fourth-order valence-corrected chi connectivity index (χ4v) is 3.27. The number of rotatable bonds is 5. The summed E-state index contributed by atoms with van der Waals surface area (Å²) in [4.78, 5) is 38.1. The Labute approximate surface area is 170 Å². The molecule has 29 heavy (non-hydrogen) atoms. The fourth-order valence-electron chi connectivity index (χ4n) is 3.27. The van der Waals surface area contributed by atoms with Crippen molar-refractivity contribution in [2.24, 2.45) is 5.92 Å². The maximum Gasteiger partial charge on any atom is 0.407 e. The van der Waals surface area contributed by atoms with Gasteiger partial charge in [0.25, 0.3) is 0 Å². The lowest BCUT2D eigenvalue weighted by molar-refractivity contribution is -0.122. The summed E-state index contributed by atoms with van der Waals surface area (Å²) in [7, 11) is 0. The molecule has 0 radical (unpaired) electrons. The maximum absolute atomic E-state index is 12.7. The first kappa shape index (κ1) is 20.6. The summed E-state index contributed by atoms with van der Waals surface area (Å²) in [6.07, 6.45) is 0.265. The van der Waals surface area contributed by atoms with Crippen molar-refractivity contribution in [3.63, 3.8) is 0 Å². The second-order valence-electron chi connectivity index (χ2n) is 8.18. The van der Waals surface area contributed by atoms with Gasteiger partial charge in [-0.05, 0) is 50.5 Å². The molecular weight excluding hydrogens is 368 g/mol. The van der Waals surface area contributed by atoms with Crippen LogP contribution >= 0.6 is 0 Å². The average molecular weight is 394 g/mol. The van der Waals surface area contributed by atoms with E-state index in [0.717, 1.165) is 11.1 Å². The standard InChI is InChI=1S/C23H26N2O4/c1-23(2,3)29-22(28)24-15-17-11-9-16(10-12-17)13-18-14-20(26)25(21(18)27)19-7-5-4-6-8-19/h4-12,18H,13-15H2,1-3H3,(H,24,28). The third kappa shape index (κ3) is 5.44. The molecule has 0 spiro atoms. The number of amides is 3. The van der Waals surface area contributed by atoms with Crippen molar-refractivity contribution >= 4 is 23.6 Å². The first-order chi connectivity index (χ1) is 13.7. The largest absolute Gasteiger partial charge is 0.444 e. The Morgan fingerprint density at radius 1 is 1.03 bits per heavy atom. The number of imide groups is 1. The third-order valence-electron chi connectivity index (χ3n) is 4.60. The number of carbonyl (C=O) groups excluding carboxylic acids is 3. The van der Waals surface area contributed by atoms with E-state index in [9.17, 15) is 14.4 Å². The van der Waals surface area contributed by atoms with Crippen LogP contribution in [-0.4, -0.2) is 23.5 Å². The minimum atomic E-state index is -0.535. The molecule has 1 atom stereocenters. The lowest BCUT2D eigenvalue weighted by Gasteiger charge is -2.19. The van der Waals surface area contributed by atoms with E-state index in [-0.39, 0.29) is 24.2 Å². The highest BCUT2D eigenvalue weighted by Crippen LogP contribution is 2.28. The van der Waals surface area contributed by atoms with E-state index in [0.29, 0.717) is 18.7 Å². The number of carbonyl (C=O) groups is 3. The fraction of sp³-hybridized carbons (Fsp3) is 0.348. The first-order valence-electron chi connectivity index (χ1n) is 9.69. The summed E-state index contributed by atoms with van der Waals surface area (Å²) in [6, 6.07) is 16.7. The highest BCUT2D eigenvalue weighted by Gasteiger charge is 2.39. The maximum atomic E-state index is 12.7. The lowest BCUT2D eigenvalue weighted by Crippen LogP contribution is -2.32. The molecule has 0 aromatic heterocycles. The van der Waals surface area contributed by atoms with Crippen molar-refractivity contribution in [3.8, 4) is 0 Å². The molecule has 1 fully saturated rings. The normalized spacial score (nSPS) is 16.8. The SMILES string of the molecule is CC(C)(C)OC(=O)NCc1ccc(CC2CC(=O)N(c3ccccc3)C2=O)cc1. The molecule has 1 aliphatic heterocycles. The Morgan fingerprint density at radius 2 is 1.66 bits per heavy atom. The molecule has 1 heterocycles. The van der Waals surface area contributed by atoms with Gasteiger partial charge < -0.3 is 10.1 Å². The second-order valence-corrected chi connectivity index (χ2v) is 8.18. The van der Waals surface area contributed by atoms with Gasteiger partial charge in [-0.25, -0.2) is 4.79 Å². The monoisotopic (exact) mass is 394 g/mol. The number of benzene rings is 2. The van der Waals surface area contributed by atoms with Crippen LogP contribution in [0.3, 0.4) is 0 Å². The van der Waals surface area contributed by atoms with Gasteiger partial charge >= 0.3 is 6.09 Å². The van der Waals surface area contributed by atoms with Crippen molar-refractivity contribution in [3.05, 3.63) is 65.7 Å². The highest BCUT2D eigenvalue weighted by molar-refractivity contribution is 6.20. The summed E-state index contributed by atoms with van der Waals surface area (Å²) in [5.41, 5.74) is 1.99. The molecule has 1 aliphatic rings. The van der Waals surface area contributed by atoms with Crippen LogP contribution < -0.4 is 10.2 Å². The zero-order chi connectivity index (χ0) is 21.0. The molecule has 0 bridgehead atoms. The summed E-state index contributed by atoms with van der Waals surface area (Å²) >= 11 is 0. The number of nitrogens with zero attached hydrogens (tertiary/aromatic N) is 1. The van der Waals surface area contributed by atoms with Gasteiger partial charge in [0.2, 0.25) is 11.8 Å². The Bertz CT molecular complexity index is 885. The summed E-state index contributed by atoms with van der Waals surface area (Å²) in [6.45, 7) is 5.80. The van der Waals surface area contributed by atoms with Crippen LogP contribution in [0.25, 0.3) is 0 Å². The number of anilines is 1. The Morgan fingerprint density at radius 3 is 2.28 bits per heavy atom. The van der Waals surface area contributed by atoms with Crippen LogP contribution in [0.1, 0.15) is 38.3 Å². The van der Waals surface area contributed by atoms with Crippen molar-refractivity contribution in [1.82, 2.24) is 5.32 Å². The molecule has 2 aromatic carbocycles. The molecule has 6 heteroatoms. The van der Waals surface area contributed by atoms with E-state index in [1.807, 2.05) is 63.2 Å². The predicted molar refractivity (Wildman–Crippen MR) is 110 cm³/mol. The molecule has 6 nitrogen and oxygen atoms in total. The zero-order valence-electron chi connectivity index (χ0n) is 17.0. The van der Waals surface area contributed by atoms with Crippen LogP contribution in [-0.2, 0) is 27.3 Å². The van der Waals surface area contributed by atoms with Gasteiger partial charge in [-0.15, -0.1) is 0 Å². The van der Waals surface area contributed by atoms with E-state index in [1.54, 1.807) is 12.1 Å². The number of ether oxygens (including phenoxy) is 1. The van der Waals surface area contributed by atoms with Crippen molar-refractivity contribution in [2.75, 3.05) is 4.90 Å². The molecule has 1 unspecified atom stereocenters. The Balaban J connectivity index is 1.57. The molecule has 3 amide bonds. The van der Waals surface area contributed by atoms with Gasteiger partial charge in [0.15, 0.2) is 0 Å². The minimum Gasteiger partial charge on any atom is -0.444 e. The molecule has 3 rings (SSSR count). The van der Waals surface area contributed by atoms with E-state index in [2.05, 4.69) is 5.32 Å². The summed E-state index contributed by atoms with van der Waals surface area (Å²) in [5.74, 6) is -0.672. The molecule has 0 aliphatic carbocycles. The van der Waals surface area contributed by atoms with Gasteiger partial charge in [-0.1, -0.05) is 42.5 Å². The van der Waals surface area contributed by atoms with Crippen molar-refractivity contribution in [2.45, 2.75) is 45.8 Å². The number of hydrogen-bond acceptors (Lipinski definition) is 4. The van der Waals surface area contributed by atoms with Crippen molar-refractivity contribution in [1.29, 1.82) is 0 Å². The first-order valence-corrected chi connectivity index (χ1v) is 9.69.